The summed E-state index contributed by atoms with van der Waals surface area (Å²) >= 11 is 0. The minimum absolute atomic E-state index is 0.0580. The van der Waals surface area contributed by atoms with Crippen LogP contribution >= 0.6 is 0 Å². The maximum Gasteiger partial charge on any atom is 0.261 e. The number of aryl methyl sites for hydroxylation is 1. The molecule has 2 aromatic carbocycles. The Kier molecular flexibility index (Phi) is 4.05. The van der Waals surface area contributed by atoms with Crippen LogP contribution in [0.5, 0.6) is 5.75 Å². The zero-order valence-corrected chi connectivity index (χ0v) is 14.6. The number of nitrogens with zero attached hydrogens (tertiary/aromatic N) is 2. The van der Waals surface area contributed by atoms with Crippen LogP contribution in [0.25, 0.3) is 0 Å². The van der Waals surface area contributed by atoms with Gasteiger partial charge in [0.25, 0.3) is 5.91 Å². The number of pyridine rings is 1. The number of fused-ring (bicyclic) bond motifs is 1. The van der Waals surface area contributed by atoms with Gasteiger partial charge in [0.1, 0.15) is 17.7 Å². The van der Waals surface area contributed by atoms with E-state index in [0.717, 1.165) is 22.6 Å². The van der Waals surface area contributed by atoms with Crippen LogP contribution in [0.15, 0.2) is 66.9 Å². The second kappa shape index (κ2) is 6.52. The summed E-state index contributed by atoms with van der Waals surface area (Å²) in [5.74, 6) is 1.32. The number of carbonyl (C=O) groups excluding carboxylic acids is 1. The van der Waals surface area contributed by atoms with Crippen molar-refractivity contribution in [2.24, 2.45) is 0 Å². The lowest BCUT2D eigenvalue weighted by Gasteiger charge is -2.26. The van der Waals surface area contributed by atoms with Gasteiger partial charge in [-0.1, -0.05) is 30.3 Å². The number of hydrogen-bond donors (Lipinski definition) is 1. The van der Waals surface area contributed by atoms with Gasteiger partial charge in [-0.25, -0.2) is 4.98 Å². The Morgan fingerprint density at radius 1 is 1.08 bits per heavy atom. The van der Waals surface area contributed by atoms with Gasteiger partial charge >= 0.3 is 0 Å². The monoisotopic (exact) mass is 345 g/mol. The number of hydrogen-bond acceptors (Lipinski definition) is 4. The van der Waals surface area contributed by atoms with E-state index in [-0.39, 0.29) is 12.1 Å². The number of carbonyl (C=O) groups is 1. The van der Waals surface area contributed by atoms with E-state index in [9.17, 15) is 4.79 Å². The maximum absolute atomic E-state index is 13.0. The first kappa shape index (κ1) is 16.1. The molecule has 1 aliphatic heterocycles. The standard InChI is InChI=1S/C21H19N3O2/c1-14-10-11-19(22-13-14)24-20(17-8-3-4-9-18(17)21(24)25)23-15-6-5-7-16(12-15)26-2/h3-13,20,23H,1-2H3/t20-/m0/s1. The van der Waals surface area contributed by atoms with Gasteiger partial charge in [0.05, 0.1) is 7.11 Å². The van der Waals surface area contributed by atoms with Crippen molar-refractivity contribution >= 4 is 17.4 Å². The van der Waals surface area contributed by atoms with Crippen molar-refractivity contribution in [3.05, 3.63) is 83.6 Å². The Bertz CT molecular complexity index is 953. The third kappa shape index (κ3) is 2.77. The summed E-state index contributed by atoms with van der Waals surface area (Å²) in [6, 6.07) is 19.1. The van der Waals surface area contributed by atoms with Gasteiger partial charge in [-0.05, 0) is 36.8 Å². The van der Waals surface area contributed by atoms with Crippen molar-refractivity contribution in [3.8, 4) is 5.75 Å². The fourth-order valence-corrected chi connectivity index (χ4v) is 3.17. The van der Waals surface area contributed by atoms with E-state index >= 15 is 0 Å². The summed E-state index contributed by atoms with van der Waals surface area (Å²) in [5.41, 5.74) is 3.55. The Hall–Kier alpha value is -3.34. The maximum atomic E-state index is 13.0. The number of anilines is 2. The summed E-state index contributed by atoms with van der Waals surface area (Å²) in [6.07, 6.45) is 1.44. The average molecular weight is 345 g/mol. The van der Waals surface area contributed by atoms with Gasteiger partial charge in [-0.15, -0.1) is 0 Å². The van der Waals surface area contributed by atoms with Crippen LogP contribution in [0.1, 0.15) is 27.7 Å². The number of amides is 1. The molecule has 2 heterocycles. The van der Waals surface area contributed by atoms with Gasteiger partial charge in [-0.2, -0.15) is 0 Å². The molecule has 0 saturated heterocycles. The Labute approximate surface area is 152 Å². The number of nitrogens with one attached hydrogen (secondary N) is 1. The van der Waals surface area contributed by atoms with Crippen LogP contribution in [0.3, 0.4) is 0 Å². The lowest BCUT2D eigenvalue weighted by Crippen LogP contribution is -2.32. The third-order valence-electron chi connectivity index (χ3n) is 4.48. The number of rotatable bonds is 4. The normalized spacial score (nSPS) is 15.7. The molecule has 0 fully saturated rings. The molecule has 1 N–H and O–H groups in total. The Balaban J connectivity index is 1.76. The molecular weight excluding hydrogens is 326 g/mol. The molecule has 1 aliphatic rings. The molecule has 1 atom stereocenters. The number of ether oxygens (including phenoxy) is 1. The van der Waals surface area contributed by atoms with E-state index in [2.05, 4.69) is 10.3 Å². The summed E-state index contributed by atoms with van der Waals surface area (Å²) in [4.78, 5) is 19.2. The van der Waals surface area contributed by atoms with Crippen LogP contribution in [0.2, 0.25) is 0 Å². The zero-order chi connectivity index (χ0) is 18.1. The predicted octanol–water partition coefficient (Wildman–Crippen LogP) is 4.17. The molecule has 1 aromatic heterocycles. The van der Waals surface area contributed by atoms with Crippen molar-refractivity contribution in [1.82, 2.24) is 4.98 Å². The largest absolute Gasteiger partial charge is 0.497 e. The smallest absolute Gasteiger partial charge is 0.261 e. The highest BCUT2D eigenvalue weighted by Crippen LogP contribution is 2.37. The van der Waals surface area contributed by atoms with Crippen molar-refractivity contribution in [2.75, 3.05) is 17.3 Å². The van der Waals surface area contributed by atoms with Crippen molar-refractivity contribution in [2.45, 2.75) is 13.1 Å². The van der Waals surface area contributed by atoms with Crippen molar-refractivity contribution in [3.63, 3.8) is 0 Å². The highest BCUT2D eigenvalue weighted by atomic mass is 16.5. The molecular formula is C21H19N3O2. The lowest BCUT2D eigenvalue weighted by atomic mass is 10.1. The Morgan fingerprint density at radius 3 is 2.69 bits per heavy atom. The molecule has 0 spiro atoms. The summed E-state index contributed by atoms with van der Waals surface area (Å²) in [6.45, 7) is 1.98. The summed E-state index contributed by atoms with van der Waals surface area (Å²) in [5, 5.41) is 3.45. The fourth-order valence-electron chi connectivity index (χ4n) is 3.17. The van der Waals surface area contributed by atoms with Crippen molar-refractivity contribution in [1.29, 1.82) is 0 Å². The first-order valence-corrected chi connectivity index (χ1v) is 8.43. The molecule has 130 valence electrons. The van der Waals surface area contributed by atoms with E-state index in [1.54, 1.807) is 18.2 Å². The highest BCUT2D eigenvalue weighted by molar-refractivity contribution is 6.11. The first-order valence-electron chi connectivity index (χ1n) is 8.43. The molecule has 0 radical (unpaired) electrons. The lowest BCUT2D eigenvalue weighted by molar-refractivity contribution is 0.0992. The minimum atomic E-state index is -0.332. The molecule has 26 heavy (non-hydrogen) atoms. The minimum Gasteiger partial charge on any atom is -0.497 e. The molecule has 0 unspecified atom stereocenters. The highest BCUT2D eigenvalue weighted by Gasteiger charge is 2.38. The number of benzene rings is 2. The summed E-state index contributed by atoms with van der Waals surface area (Å²) in [7, 11) is 1.63. The van der Waals surface area contributed by atoms with Crippen LogP contribution in [0.4, 0.5) is 11.5 Å². The fraction of sp³-hybridized carbons (Fsp3) is 0.143. The van der Waals surface area contributed by atoms with Crippen LogP contribution < -0.4 is 15.0 Å². The van der Waals surface area contributed by atoms with Crippen molar-refractivity contribution < 1.29 is 9.53 Å². The molecule has 1 amide bonds. The predicted molar refractivity (Wildman–Crippen MR) is 102 cm³/mol. The van der Waals surface area contributed by atoms with Crippen LogP contribution in [-0.4, -0.2) is 18.0 Å². The summed E-state index contributed by atoms with van der Waals surface area (Å²) < 4.78 is 5.30. The van der Waals surface area contributed by atoms with Gasteiger partial charge in [0, 0.05) is 29.1 Å². The molecule has 5 nitrogen and oxygen atoms in total. The van der Waals surface area contributed by atoms with Gasteiger partial charge in [-0.3, -0.25) is 9.69 Å². The van der Waals surface area contributed by atoms with Gasteiger partial charge in [0.15, 0.2) is 0 Å². The molecule has 4 rings (SSSR count). The third-order valence-corrected chi connectivity index (χ3v) is 4.48. The quantitative estimate of drug-likeness (QED) is 0.771. The molecule has 5 heteroatoms. The van der Waals surface area contributed by atoms with E-state index < -0.39 is 0 Å². The second-order valence-corrected chi connectivity index (χ2v) is 6.23. The SMILES string of the molecule is COc1cccc(N[C@@H]2c3ccccc3C(=O)N2c2ccc(C)cn2)c1. The molecule has 0 aliphatic carbocycles. The average Bonchev–Trinajstić information content (AvgIpc) is 2.95. The van der Waals surface area contributed by atoms with E-state index in [0.29, 0.717) is 11.4 Å². The first-order chi connectivity index (χ1) is 12.7. The second-order valence-electron chi connectivity index (χ2n) is 6.23. The van der Waals surface area contributed by atoms with Crippen LogP contribution in [-0.2, 0) is 0 Å². The topological polar surface area (TPSA) is 54.5 Å². The van der Waals surface area contributed by atoms with Gasteiger partial charge in [0.2, 0.25) is 0 Å². The number of aromatic nitrogens is 1. The van der Waals surface area contributed by atoms with Crippen LogP contribution in [0, 0.1) is 6.92 Å². The molecule has 0 saturated carbocycles. The van der Waals surface area contributed by atoms with E-state index in [1.165, 1.54) is 0 Å². The van der Waals surface area contributed by atoms with E-state index in [1.807, 2.05) is 67.6 Å². The molecule has 0 bridgehead atoms. The van der Waals surface area contributed by atoms with E-state index in [4.69, 9.17) is 4.74 Å². The number of methoxy groups -OCH3 is 1. The van der Waals surface area contributed by atoms with Gasteiger partial charge < -0.3 is 10.1 Å². The molecule has 3 aromatic rings. The zero-order valence-electron chi connectivity index (χ0n) is 14.6. The Morgan fingerprint density at radius 2 is 1.92 bits per heavy atom.